The highest BCUT2D eigenvalue weighted by Gasteiger charge is 2.22. The van der Waals surface area contributed by atoms with E-state index in [0.717, 1.165) is 10.8 Å². The van der Waals surface area contributed by atoms with Gasteiger partial charge in [0.1, 0.15) is 0 Å². The second-order valence-corrected chi connectivity index (χ2v) is 5.31. The SMILES string of the molecule is CN1CCC(N(C)c2nc(CN)cs2)CC1. The Balaban J connectivity index is 1.98. The summed E-state index contributed by atoms with van der Waals surface area (Å²) in [6.07, 6.45) is 2.45. The lowest BCUT2D eigenvalue weighted by Crippen LogP contribution is -2.41. The third kappa shape index (κ3) is 2.53. The number of hydrogen-bond acceptors (Lipinski definition) is 5. The highest BCUT2D eigenvalue weighted by atomic mass is 32.1. The summed E-state index contributed by atoms with van der Waals surface area (Å²) in [7, 11) is 4.33. The van der Waals surface area contributed by atoms with Crippen LogP contribution in [0.4, 0.5) is 5.13 Å². The van der Waals surface area contributed by atoms with Crippen molar-refractivity contribution >= 4 is 16.5 Å². The number of thiazole rings is 1. The van der Waals surface area contributed by atoms with Crippen LogP contribution in [0, 0.1) is 0 Å². The van der Waals surface area contributed by atoms with Gasteiger partial charge >= 0.3 is 0 Å². The van der Waals surface area contributed by atoms with Gasteiger partial charge in [-0.1, -0.05) is 0 Å². The van der Waals surface area contributed by atoms with Crippen molar-refractivity contribution in [1.82, 2.24) is 9.88 Å². The molecule has 0 saturated carbocycles. The summed E-state index contributed by atoms with van der Waals surface area (Å²) in [6.45, 7) is 2.91. The average molecular weight is 240 g/mol. The predicted molar refractivity (Wildman–Crippen MR) is 68.9 cm³/mol. The number of piperidine rings is 1. The Kier molecular flexibility index (Phi) is 3.78. The van der Waals surface area contributed by atoms with E-state index in [1.165, 1.54) is 25.9 Å². The molecule has 16 heavy (non-hydrogen) atoms. The largest absolute Gasteiger partial charge is 0.348 e. The first-order valence-electron chi connectivity index (χ1n) is 5.76. The van der Waals surface area contributed by atoms with Crippen molar-refractivity contribution in [2.75, 3.05) is 32.1 Å². The Morgan fingerprint density at radius 3 is 2.81 bits per heavy atom. The lowest BCUT2D eigenvalue weighted by atomic mass is 10.0. The Hall–Kier alpha value is -0.650. The molecule has 0 spiro atoms. The van der Waals surface area contributed by atoms with E-state index in [-0.39, 0.29) is 0 Å². The van der Waals surface area contributed by atoms with Crippen LogP contribution in [0.1, 0.15) is 18.5 Å². The first kappa shape index (κ1) is 11.8. The lowest BCUT2D eigenvalue weighted by molar-refractivity contribution is 0.253. The topological polar surface area (TPSA) is 45.4 Å². The van der Waals surface area contributed by atoms with E-state index in [0.29, 0.717) is 12.6 Å². The van der Waals surface area contributed by atoms with Crippen molar-refractivity contribution in [2.24, 2.45) is 5.73 Å². The van der Waals surface area contributed by atoms with Crippen LogP contribution >= 0.6 is 11.3 Å². The van der Waals surface area contributed by atoms with Crippen LogP contribution in [-0.2, 0) is 6.54 Å². The standard InChI is InChI=1S/C11H20N4S/c1-14-5-3-10(4-6-14)15(2)11-13-9(7-12)8-16-11/h8,10H,3-7,12H2,1-2H3. The summed E-state index contributed by atoms with van der Waals surface area (Å²) in [6, 6.07) is 0.632. The van der Waals surface area contributed by atoms with Gasteiger partial charge in [0.05, 0.1) is 5.69 Å². The van der Waals surface area contributed by atoms with Gasteiger partial charge in [0.15, 0.2) is 5.13 Å². The van der Waals surface area contributed by atoms with E-state index < -0.39 is 0 Å². The van der Waals surface area contributed by atoms with Gasteiger partial charge in [-0.05, 0) is 33.0 Å². The summed E-state index contributed by atoms with van der Waals surface area (Å²) < 4.78 is 0. The second kappa shape index (κ2) is 5.12. The molecule has 1 fully saturated rings. The zero-order valence-electron chi connectivity index (χ0n) is 10.0. The fraction of sp³-hybridized carbons (Fsp3) is 0.727. The van der Waals surface area contributed by atoms with Crippen LogP contribution in [0.3, 0.4) is 0 Å². The third-order valence-corrected chi connectivity index (χ3v) is 4.27. The summed E-state index contributed by atoms with van der Waals surface area (Å²) in [5, 5.41) is 3.16. The molecule has 0 radical (unpaired) electrons. The molecule has 90 valence electrons. The number of likely N-dealkylation sites (tertiary alicyclic amines) is 1. The van der Waals surface area contributed by atoms with Crippen LogP contribution in [0.25, 0.3) is 0 Å². The summed E-state index contributed by atoms with van der Waals surface area (Å²) in [4.78, 5) is 9.23. The Bertz CT molecular complexity index is 330. The highest BCUT2D eigenvalue weighted by molar-refractivity contribution is 7.13. The minimum atomic E-state index is 0.539. The van der Waals surface area contributed by atoms with E-state index in [9.17, 15) is 0 Å². The number of aromatic nitrogens is 1. The molecule has 2 rings (SSSR count). The van der Waals surface area contributed by atoms with Crippen molar-refractivity contribution in [2.45, 2.75) is 25.4 Å². The number of nitrogens with two attached hydrogens (primary N) is 1. The van der Waals surface area contributed by atoms with Crippen molar-refractivity contribution in [3.8, 4) is 0 Å². The molecule has 0 aromatic carbocycles. The molecule has 1 aliphatic heterocycles. The lowest BCUT2D eigenvalue weighted by Gasteiger charge is -2.34. The molecule has 0 atom stereocenters. The number of anilines is 1. The van der Waals surface area contributed by atoms with Crippen LogP contribution in [0.2, 0.25) is 0 Å². The third-order valence-electron chi connectivity index (χ3n) is 3.29. The van der Waals surface area contributed by atoms with Gasteiger partial charge in [0.2, 0.25) is 0 Å². The fourth-order valence-corrected chi connectivity index (χ4v) is 2.97. The minimum Gasteiger partial charge on any atom is -0.348 e. The molecule has 5 heteroatoms. The molecule has 0 unspecified atom stereocenters. The summed E-state index contributed by atoms with van der Waals surface area (Å²) in [5.41, 5.74) is 6.58. The van der Waals surface area contributed by atoms with Crippen LogP contribution < -0.4 is 10.6 Å². The molecule has 2 heterocycles. The second-order valence-electron chi connectivity index (χ2n) is 4.47. The van der Waals surface area contributed by atoms with Crippen molar-refractivity contribution in [1.29, 1.82) is 0 Å². The summed E-state index contributed by atoms with van der Waals surface area (Å²) in [5.74, 6) is 0. The van der Waals surface area contributed by atoms with E-state index in [4.69, 9.17) is 5.73 Å². The maximum atomic E-state index is 5.58. The minimum absolute atomic E-state index is 0.539. The van der Waals surface area contributed by atoms with Crippen LogP contribution in [0.5, 0.6) is 0 Å². The van der Waals surface area contributed by atoms with Crippen molar-refractivity contribution < 1.29 is 0 Å². The zero-order valence-corrected chi connectivity index (χ0v) is 10.8. The van der Waals surface area contributed by atoms with Gasteiger partial charge in [0.25, 0.3) is 0 Å². The first-order chi connectivity index (χ1) is 7.70. The highest BCUT2D eigenvalue weighted by Crippen LogP contribution is 2.24. The van der Waals surface area contributed by atoms with Gasteiger partial charge in [-0.2, -0.15) is 0 Å². The maximum absolute atomic E-state index is 5.58. The van der Waals surface area contributed by atoms with Crippen molar-refractivity contribution in [3.63, 3.8) is 0 Å². The Morgan fingerprint density at radius 2 is 2.25 bits per heavy atom. The van der Waals surface area contributed by atoms with Gasteiger partial charge in [-0.3, -0.25) is 0 Å². The Labute approximate surface area is 101 Å². The molecule has 1 aromatic heterocycles. The van der Waals surface area contributed by atoms with Crippen molar-refractivity contribution in [3.05, 3.63) is 11.1 Å². The molecule has 2 N–H and O–H groups in total. The molecule has 1 aromatic rings. The molecular weight excluding hydrogens is 220 g/mol. The van der Waals surface area contributed by atoms with E-state index >= 15 is 0 Å². The van der Waals surface area contributed by atoms with E-state index in [1.807, 2.05) is 0 Å². The quantitative estimate of drug-likeness (QED) is 0.860. The van der Waals surface area contributed by atoms with Gasteiger partial charge < -0.3 is 15.5 Å². The zero-order chi connectivity index (χ0) is 11.5. The molecule has 0 bridgehead atoms. The normalized spacial score (nSPS) is 18.9. The monoisotopic (exact) mass is 240 g/mol. The summed E-state index contributed by atoms with van der Waals surface area (Å²) >= 11 is 1.70. The molecule has 1 saturated heterocycles. The number of hydrogen-bond donors (Lipinski definition) is 1. The molecule has 4 nitrogen and oxygen atoms in total. The average Bonchev–Trinajstić information content (AvgIpc) is 2.77. The maximum Gasteiger partial charge on any atom is 0.185 e. The fourth-order valence-electron chi connectivity index (χ4n) is 2.09. The van der Waals surface area contributed by atoms with E-state index in [2.05, 4.69) is 34.3 Å². The number of rotatable bonds is 3. The van der Waals surface area contributed by atoms with Crippen LogP contribution in [0.15, 0.2) is 5.38 Å². The molecule has 0 aliphatic carbocycles. The first-order valence-corrected chi connectivity index (χ1v) is 6.64. The molecular formula is C11H20N4S. The molecule has 0 amide bonds. The van der Waals surface area contributed by atoms with E-state index in [1.54, 1.807) is 11.3 Å². The predicted octanol–water partition coefficient (Wildman–Crippen LogP) is 1.13. The Morgan fingerprint density at radius 1 is 1.56 bits per heavy atom. The van der Waals surface area contributed by atoms with Gasteiger partial charge in [-0.25, -0.2) is 4.98 Å². The molecule has 1 aliphatic rings. The van der Waals surface area contributed by atoms with Crippen LogP contribution in [-0.4, -0.2) is 43.1 Å². The van der Waals surface area contributed by atoms with Gasteiger partial charge in [0, 0.05) is 25.0 Å². The smallest absolute Gasteiger partial charge is 0.185 e. The van der Waals surface area contributed by atoms with Gasteiger partial charge in [-0.15, -0.1) is 11.3 Å². The number of nitrogens with zero attached hydrogens (tertiary/aromatic N) is 3.